The number of carbonyl (C=O) groups excluding carboxylic acids is 2. The average molecular weight is 353 g/mol. The van der Waals surface area contributed by atoms with Gasteiger partial charge >= 0.3 is 0 Å². The van der Waals surface area contributed by atoms with E-state index in [1.165, 1.54) is 4.90 Å². The molecule has 132 valence electrons. The maximum atomic E-state index is 13.4. The van der Waals surface area contributed by atoms with Crippen molar-refractivity contribution in [2.75, 3.05) is 4.90 Å². The molecule has 1 aliphatic heterocycles. The van der Waals surface area contributed by atoms with Crippen molar-refractivity contribution in [2.24, 2.45) is 11.8 Å². The summed E-state index contributed by atoms with van der Waals surface area (Å²) < 4.78 is 0. The Labute approximate surface area is 158 Å². The molecule has 2 unspecified atom stereocenters. The third kappa shape index (κ3) is 2.15. The molecule has 5 rings (SSSR count). The van der Waals surface area contributed by atoms with Gasteiger partial charge in [0, 0.05) is 5.41 Å². The van der Waals surface area contributed by atoms with Crippen molar-refractivity contribution in [2.45, 2.75) is 11.8 Å². The first kappa shape index (κ1) is 16.0. The molecule has 2 fully saturated rings. The van der Waals surface area contributed by atoms with Gasteiger partial charge in [-0.3, -0.25) is 14.5 Å². The summed E-state index contributed by atoms with van der Waals surface area (Å²) in [5.74, 6) is -0.762. The molecule has 27 heavy (non-hydrogen) atoms. The number of imide groups is 1. The number of benzene rings is 3. The van der Waals surface area contributed by atoms with Crippen LogP contribution < -0.4 is 4.90 Å². The zero-order valence-electron chi connectivity index (χ0n) is 14.8. The highest BCUT2D eigenvalue weighted by Gasteiger charge is 2.67. The number of anilines is 1. The van der Waals surface area contributed by atoms with E-state index in [0.29, 0.717) is 12.1 Å². The SMILES string of the molecule is O=C1C2CC(c3ccccc3)(c3ccccc3)C2C(=O)N1c1ccccc1. The second-order valence-electron chi connectivity index (χ2n) is 7.34. The summed E-state index contributed by atoms with van der Waals surface area (Å²) in [6.45, 7) is 0. The molecule has 2 aliphatic rings. The number of para-hydroxylation sites is 1. The summed E-state index contributed by atoms with van der Waals surface area (Å²) in [6, 6.07) is 29.5. The van der Waals surface area contributed by atoms with Crippen LogP contribution in [0.4, 0.5) is 5.69 Å². The molecule has 2 atom stereocenters. The lowest BCUT2D eigenvalue weighted by Gasteiger charge is -2.50. The number of amides is 2. The van der Waals surface area contributed by atoms with Crippen LogP contribution in [-0.2, 0) is 15.0 Å². The summed E-state index contributed by atoms with van der Waals surface area (Å²) in [5.41, 5.74) is 2.43. The predicted octanol–water partition coefficient (Wildman–Crippen LogP) is 4.18. The Balaban J connectivity index is 1.64. The molecular weight excluding hydrogens is 334 g/mol. The van der Waals surface area contributed by atoms with E-state index in [4.69, 9.17) is 0 Å². The molecule has 0 aromatic heterocycles. The Bertz CT molecular complexity index is 959. The van der Waals surface area contributed by atoms with Crippen molar-refractivity contribution in [1.82, 2.24) is 0 Å². The van der Waals surface area contributed by atoms with Crippen LogP contribution in [0.5, 0.6) is 0 Å². The number of fused-ring (bicyclic) bond motifs is 1. The van der Waals surface area contributed by atoms with Crippen LogP contribution in [0, 0.1) is 11.8 Å². The lowest BCUT2D eigenvalue weighted by molar-refractivity contribution is -0.129. The van der Waals surface area contributed by atoms with Crippen LogP contribution in [0.25, 0.3) is 0 Å². The van der Waals surface area contributed by atoms with E-state index in [1.54, 1.807) is 0 Å². The molecule has 0 bridgehead atoms. The Kier molecular flexibility index (Phi) is 3.51. The summed E-state index contributed by atoms with van der Waals surface area (Å²) >= 11 is 0. The van der Waals surface area contributed by atoms with Crippen LogP contribution in [-0.4, -0.2) is 11.8 Å². The first-order chi connectivity index (χ1) is 13.2. The fraction of sp³-hybridized carbons (Fsp3) is 0.167. The lowest BCUT2D eigenvalue weighted by Crippen LogP contribution is -2.53. The molecule has 1 saturated heterocycles. The van der Waals surface area contributed by atoms with E-state index >= 15 is 0 Å². The van der Waals surface area contributed by atoms with Crippen molar-refractivity contribution >= 4 is 17.5 Å². The summed E-state index contributed by atoms with van der Waals surface area (Å²) in [5, 5.41) is 0. The molecule has 3 heteroatoms. The van der Waals surface area contributed by atoms with Crippen LogP contribution in [0.2, 0.25) is 0 Å². The molecule has 0 N–H and O–H groups in total. The fourth-order valence-corrected chi connectivity index (χ4v) is 4.87. The van der Waals surface area contributed by atoms with Crippen molar-refractivity contribution in [1.29, 1.82) is 0 Å². The zero-order chi connectivity index (χ0) is 18.4. The van der Waals surface area contributed by atoms with Gasteiger partial charge in [0.15, 0.2) is 0 Å². The van der Waals surface area contributed by atoms with Gasteiger partial charge in [-0.25, -0.2) is 0 Å². The number of nitrogens with zero attached hydrogens (tertiary/aromatic N) is 1. The van der Waals surface area contributed by atoms with E-state index in [1.807, 2.05) is 66.7 Å². The topological polar surface area (TPSA) is 37.4 Å². The van der Waals surface area contributed by atoms with Crippen LogP contribution in [0.1, 0.15) is 17.5 Å². The maximum Gasteiger partial charge on any atom is 0.238 e. The summed E-state index contributed by atoms with van der Waals surface area (Å²) in [4.78, 5) is 27.9. The highest BCUT2D eigenvalue weighted by molar-refractivity contribution is 6.23. The highest BCUT2D eigenvalue weighted by atomic mass is 16.2. The second-order valence-corrected chi connectivity index (χ2v) is 7.34. The smallest absolute Gasteiger partial charge is 0.238 e. The normalized spacial score (nSPS) is 23.0. The van der Waals surface area contributed by atoms with Gasteiger partial charge in [-0.05, 0) is 29.7 Å². The number of rotatable bonds is 3. The van der Waals surface area contributed by atoms with Crippen molar-refractivity contribution < 1.29 is 9.59 Å². The van der Waals surface area contributed by atoms with Crippen LogP contribution >= 0.6 is 0 Å². The molecule has 0 radical (unpaired) electrons. The minimum Gasteiger partial charge on any atom is -0.274 e. The standard InChI is InChI=1S/C24H19NO2/c26-22-20-16-24(17-10-4-1-5-11-17,18-12-6-2-7-13-18)21(20)23(27)25(22)19-14-8-3-9-15-19/h1-15,20-21H,16H2. The van der Waals surface area contributed by atoms with Gasteiger partial charge in [0.1, 0.15) is 0 Å². The summed E-state index contributed by atoms with van der Waals surface area (Å²) in [6.07, 6.45) is 0.666. The molecule has 1 saturated carbocycles. The molecule has 1 aliphatic carbocycles. The largest absolute Gasteiger partial charge is 0.274 e. The second kappa shape index (κ2) is 5.92. The monoisotopic (exact) mass is 353 g/mol. The van der Waals surface area contributed by atoms with Gasteiger partial charge in [0.05, 0.1) is 17.5 Å². The van der Waals surface area contributed by atoms with Crippen LogP contribution in [0.3, 0.4) is 0 Å². The Hall–Kier alpha value is -3.20. The van der Waals surface area contributed by atoms with E-state index in [-0.39, 0.29) is 23.7 Å². The van der Waals surface area contributed by atoms with Gasteiger partial charge in [0.2, 0.25) is 11.8 Å². The van der Waals surface area contributed by atoms with Crippen molar-refractivity contribution in [3.8, 4) is 0 Å². The minimum atomic E-state index is -0.441. The molecule has 2 amide bonds. The van der Waals surface area contributed by atoms with Crippen molar-refractivity contribution in [3.05, 3.63) is 102 Å². The fourth-order valence-electron chi connectivity index (χ4n) is 4.87. The Morgan fingerprint density at radius 3 is 1.67 bits per heavy atom. The lowest BCUT2D eigenvalue weighted by atomic mass is 9.49. The third-order valence-corrected chi connectivity index (χ3v) is 6.09. The van der Waals surface area contributed by atoms with Gasteiger partial charge in [0.25, 0.3) is 0 Å². The molecule has 1 heterocycles. The molecule has 3 nitrogen and oxygen atoms in total. The number of hydrogen-bond donors (Lipinski definition) is 0. The highest BCUT2D eigenvalue weighted by Crippen LogP contribution is 2.60. The maximum absolute atomic E-state index is 13.4. The predicted molar refractivity (Wildman–Crippen MR) is 104 cm³/mol. The Morgan fingerprint density at radius 2 is 1.15 bits per heavy atom. The quantitative estimate of drug-likeness (QED) is 0.663. The van der Waals surface area contributed by atoms with E-state index in [0.717, 1.165) is 11.1 Å². The average Bonchev–Trinajstić information content (AvgIpc) is 2.90. The third-order valence-electron chi connectivity index (χ3n) is 6.09. The van der Waals surface area contributed by atoms with E-state index in [9.17, 15) is 9.59 Å². The van der Waals surface area contributed by atoms with Gasteiger partial charge in [-0.2, -0.15) is 0 Å². The van der Waals surface area contributed by atoms with Gasteiger partial charge < -0.3 is 0 Å². The molecular formula is C24H19NO2. The first-order valence-corrected chi connectivity index (χ1v) is 9.27. The van der Waals surface area contributed by atoms with Crippen LogP contribution in [0.15, 0.2) is 91.0 Å². The minimum absolute atomic E-state index is 0.0707. The molecule has 3 aromatic rings. The zero-order valence-corrected chi connectivity index (χ0v) is 14.8. The van der Waals surface area contributed by atoms with E-state index in [2.05, 4.69) is 24.3 Å². The molecule has 3 aromatic carbocycles. The number of carbonyl (C=O) groups is 2. The van der Waals surface area contributed by atoms with E-state index < -0.39 is 5.41 Å². The number of hydrogen-bond acceptors (Lipinski definition) is 2. The Morgan fingerprint density at radius 1 is 0.667 bits per heavy atom. The summed E-state index contributed by atoms with van der Waals surface area (Å²) in [7, 11) is 0. The first-order valence-electron chi connectivity index (χ1n) is 9.27. The van der Waals surface area contributed by atoms with Gasteiger partial charge in [-0.1, -0.05) is 78.9 Å². The van der Waals surface area contributed by atoms with Gasteiger partial charge in [-0.15, -0.1) is 0 Å². The molecule has 0 spiro atoms. The van der Waals surface area contributed by atoms with Crippen molar-refractivity contribution in [3.63, 3.8) is 0 Å².